The molecule has 5 nitrogen and oxygen atoms in total. The second kappa shape index (κ2) is 11.1. The number of hydrogen-bond acceptors (Lipinski definition) is 3. The van der Waals surface area contributed by atoms with Gasteiger partial charge in [-0.3, -0.25) is 14.5 Å². The molecule has 0 radical (unpaired) electrons. The number of nitrogens with zero attached hydrogens (tertiary/aromatic N) is 3. The molecule has 0 unspecified atom stereocenters. The second-order valence-corrected chi connectivity index (χ2v) is 9.28. The maximum Gasteiger partial charge on any atom is 0.254 e. The molecule has 1 aliphatic heterocycles. The average molecular weight is 478 g/mol. The van der Waals surface area contributed by atoms with Gasteiger partial charge in [-0.15, -0.1) is 11.6 Å². The Morgan fingerprint density at radius 3 is 2.03 bits per heavy atom. The van der Waals surface area contributed by atoms with Crippen molar-refractivity contribution in [3.8, 4) is 0 Å². The summed E-state index contributed by atoms with van der Waals surface area (Å²) < 4.78 is 26.6. The number of hydrogen-bond donors (Lipinski definition) is 0. The van der Waals surface area contributed by atoms with Crippen LogP contribution in [0.1, 0.15) is 29.8 Å². The first kappa shape index (κ1) is 25.1. The molecular weight excluding hydrogens is 448 g/mol. The average Bonchev–Trinajstić information content (AvgIpc) is 2.83. The Morgan fingerprint density at radius 2 is 1.48 bits per heavy atom. The van der Waals surface area contributed by atoms with Crippen LogP contribution in [0.3, 0.4) is 0 Å². The van der Waals surface area contributed by atoms with Gasteiger partial charge in [-0.1, -0.05) is 12.1 Å². The molecule has 0 N–H and O–H groups in total. The van der Waals surface area contributed by atoms with Crippen molar-refractivity contribution in [1.29, 1.82) is 0 Å². The van der Waals surface area contributed by atoms with Gasteiger partial charge in [0, 0.05) is 57.3 Å². The highest BCUT2D eigenvalue weighted by Gasteiger charge is 2.33. The number of piperazine rings is 1. The Hall–Kier alpha value is -2.51. The summed E-state index contributed by atoms with van der Waals surface area (Å²) in [4.78, 5) is 31.5. The molecule has 0 aliphatic carbocycles. The summed E-state index contributed by atoms with van der Waals surface area (Å²) in [5, 5.41) is 0. The van der Waals surface area contributed by atoms with Crippen LogP contribution >= 0.6 is 11.6 Å². The highest BCUT2D eigenvalue weighted by atomic mass is 35.5. The van der Waals surface area contributed by atoms with Crippen molar-refractivity contribution in [1.82, 2.24) is 14.7 Å². The number of benzene rings is 2. The largest absolute Gasteiger partial charge is 0.340 e. The summed E-state index contributed by atoms with van der Waals surface area (Å²) in [7, 11) is 0. The van der Waals surface area contributed by atoms with Gasteiger partial charge in [0.1, 0.15) is 11.6 Å². The van der Waals surface area contributed by atoms with Crippen molar-refractivity contribution in [2.45, 2.75) is 20.4 Å². The number of rotatable bonds is 8. The lowest BCUT2D eigenvalue weighted by molar-refractivity contribution is -0.141. The molecule has 1 saturated heterocycles. The second-order valence-electron chi connectivity index (χ2n) is 9.01. The van der Waals surface area contributed by atoms with E-state index < -0.39 is 11.2 Å². The minimum Gasteiger partial charge on any atom is -0.340 e. The summed E-state index contributed by atoms with van der Waals surface area (Å²) in [6.45, 7) is 7.75. The van der Waals surface area contributed by atoms with Crippen LogP contribution in [0, 0.1) is 17.0 Å². The first-order valence-electron chi connectivity index (χ1n) is 11.1. The lowest BCUT2D eigenvalue weighted by Gasteiger charge is -2.38. The molecule has 178 valence electrons. The van der Waals surface area contributed by atoms with Gasteiger partial charge in [0.05, 0.1) is 5.41 Å². The van der Waals surface area contributed by atoms with E-state index in [1.807, 2.05) is 18.7 Å². The van der Waals surface area contributed by atoms with Crippen LogP contribution in [0.15, 0.2) is 48.5 Å². The zero-order valence-electron chi connectivity index (χ0n) is 19.1. The Morgan fingerprint density at radius 1 is 0.939 bits per heavy atom. The molecule has 0 bridgehead atoms. The van der Waals surface area contributed by atoms with Gasteiger partial charge in [-0.2, -0.15) is 0 Å². The van der Waals surface area contributed by atoms with Crippen LogP contribution in [0.4, 0.5) is 8.78 Å². The molecule has 1 heterocycles. The van der Waals surface area contributed by atoms with E-state index in [4.69, 9.17) is 11.6 Å². The molecule has 0 aromatic heterocycles. The summed E-state index contributed by atoms with van der Waals surface area (Å²) in [6.07, 6.45) is 0. The van der Waals surface area contributed by atoms with E-state index in [2.05, 4.69) is 4.90 Å². The Balaban J connectivity index is 1.63. The maximum atomic E-state index is 13.3. The van der Waals surface area contributed by atoms with Gasteiger partial charge in [0.25, 0.3) is 5.91 Å². The van der Waals surface area contributed by atoms with Crippen molar-refractivity contribution in [3.05, 3.63) is 71.3 Å². The van der Waals surface area contributed by atoms with Crippen LogP contribution in [0.5, 0.6) is 0 Å². The zero-order valence-corrected chi connectivity index (χ0v) is 19.8. The molecule has 33 heavy (non-hydrogen) atoms. The van der Waals surface area contributed by atoms with E-state index in [1.54, 1.807) is 17.0 Å². The molecule has 2 aromatic carbocycles. The number of halogens is 3. The van der Waals surface area contributed by atoms with Crippen LogP contribution in [-0.2, 0) is 11.3 Å². The number of alkyl halides is 1. The first-order valence-corrected chi connectivity index (χ1v) is 11.6. The fourth-order valence-corrected chi connectivity index (χ4v) is 3.87. The number of carbonyl (C=O) groups is 2. The molecule has 0 spiro atoms. The molecular formula is C25H30ClF2N3O2. The monoisotopic (exact) mass is 477 g/mol. The Labute approximate surface area is 198 Å². The lowest BCUT2D eigenvalue weighted by Crippen LogP contribution is -2.53. The standard InChI is InChI=1S/C25H30ClF2N3O2/c1-25(2,18-26)24(33)30-14-11-29(12-15-30)13-16-31(17-19-3-7-21(27)8-4-19)23(32)20-5-9-22(28)10-6-20/h3-10H,11-18H2,1-2H3. The van der Waals surface area contributed by atoms with E-state index >= 15 is 0 Å². The van der Waals surface area contributed by atoms with Crippen molar-refractivity contribution in [2.75, 3.05) is 45.1 Å². The fraction of sp³-hybridized carbons (Fsp3) is 0.440. The highest BCUT2D eigenvalue weighted by molar-refractivity contribution is 6.19. The van der Waals surface area contributed by atoms with Gasteiger partial charge in [-0.05, 0) is 55.8 Å². The molecule has 3 rings (SSSR count). The topological polar surface area (TPSA) is 43.9 Å². The van der Waals surface area contributed by atoms with E-state index in [-0.39, 0.29) is 23.5 Å². The van der Waals surface area contributed by atoms with Crippen LogP contribution < -0.4 is 0 Å². The van der Waals surface area contributed by atoms with Crippen LogP contribution in [-0.4, -0.2) is 71.7 Å². The van der Waals surface area contributed by atoms with Gasteiger partial charge in [0.2, 0.25) is 5.91 Å². The van der Waals surface area contributed by atoms with Crippen molar-refractivity contribution >= 4 is 23.4 Å². The normalized spacial score (nSPS) is 14.9. The number of amides is 2. The minimum absolute atomic E-state index is 0.0570. The quantitative estimate of drug-likeness (QED) is 0.539. The third kappa shape index (κ3) is 6.74. The first-order chi connectivity index (χ1) is 15.7. The molecule has 2 aromatic rings. The molecule has 2 amide bonds. The van der Waals surface area contributed by atoms with Crippen molar-refractivity contribution < 1.29 is 18.4 Å². The highest BCUT2D eigenvalue weighted by Crippen LogP contribution is 2.21. The van der Waals surface area contributed by atoms with Gasteiger partial charge >= 0.3 is 0 Å². The third-order valence-corrected chi connectivity index (χ3v) is 6.59. The number of carbonyl (C=O) groups excluding carboxylic acids is 2. The molecule has 8 heteroatoms. The molecule has 1 fully saturated rings. The SMILES string of the molecule is CC(C)(CCl)C(=O)N1CCN(CCN(Cc2ccc(F)cc2)C(=O)c2ccc(F)cc2)CC1. The molecule has 1 aliphatic rings. The lowest BCUT2D eigenvalue weighted by atomic mass is 9.94. The third-order valence-electron chi connectivity index (χ3n) is 5.92. The summed E-state index contributed by atoms with van der Waals surface area (Å²) in [6, 6.07) is 11.5. The van der Waals surface area contributed by atoms with Gasteiger partial charge in [0.15, 0.2) is 0 Å². The zero-order chi connectivity index (χ0) is 24.0. The maximum absolute atomic E-state index is 13.3. The van der Waals surface area contributed by atoms with Crippen molar-refractivity contribution in [2.24, 2.45) is 5.41 Å². The van der Waals surface area contributed by atoms with E-state index in [0.29, 0.717) is 51.4 Å². The predicted molar refractivity (Wildman–Crippen MR) is 125 cm³/mol. The molecule has 0 saturated carbocycles. The van der Waals surface area contributed by atoms with Crippen LogP contribution in [0.25, 0.3) is 0 Å². The molecule has 0 atom stereocenters. The fourth-order valence-electron chi connectivity index (χ4n) is 3.76. The van der Waals surface area contributed by atoms with E-state index in [9.17, 15) is 18.4 Å². The summed E-state index contributed by atoms with van der Waals surface area (Å²) >= 11 is 5.95. The predicted octanol–water partition coefficient (Wildman–Crippen LogP) is 4.02. The minimum atomic E-state index is -0.586. The van der Waals surface area contributed by atoms with E-state index in [1.165, 1.54) is 36.4 Å². The van der Waals surface area contributed by atoms with Crippen molar-refractivity contribution in [3.63, 3.8) is 0 Å². The van der Waals surface area contributed by atoms with Gasteiger partial charge < -0.3 is 9.80 Å². The Kier molecular flexibility index (Phi) is 8.43. The smallest absolute Gasteiger partial charge is 0.254 e. The summed E-state index contributed by atoms with van der Waals surface area (Å²) in [5.74, 6) is -0.615. The Bertz CT molecular complexity index is 943. The summed E-state index contributed by atoms with van der Waals surface area (Å²) in [5.41, 5.74) is 0.625. The van der Waals surface area contributed by atoms with Crippen LogP contribution in [0.2, 0.25) is 0 Å². The van der Waals surface area contributed by atoms with E-state index in [0.717, 1.165) is 5.56 Å². The van der Waals surface area contributed by atoms with Gasteiger partial charge in [-0.25, -0.2) is 8.78 Å².